The Hall–Kier alpha value is -1.71. The van der Waals surface area contributed by atoms with E-state index in [4.69, 9.17) is 16.2 Å². The number of nitrogens with two attached hydrogens (primary N) is 2. The van der Waals surface area contributed by atoms with E-state index >= 15 is 0 Å². The molecule has 0 heterocycles. The van der Waals surface area contributed by atoms with Crippen LogP contribution in [0.1, 0.15) is 56.3 Å². The number of hydrogen-bond donors (Lipinski definition) is 2. The average Bonchev–Trinajstić information content (AvgIpc) is 2.36. The molecule has 0 spiro atoms. The van der Waals surface area contributed by atoms with E-state index in [-0.39, 0.29) is 6.10 Å². The molecule has 1 atom stereocenters. The van der Waals surface area contributed by atoms with Crippen molar-refractivity contribution < 1.29 is 9.53 Å². The second kappa shape index (κ2) is 7.67. The molecule has 4 heteroatoms. The molecule has 4 N–H and O–H groups in total. The minimum Gasteiger partial charge on any atom is -0.491 e. The van der Waals surface area contributed by atoms with Gasteiger partial charge in [0.2, 0.25) is 0 Å². The zero-order valence-corrected chi connectivity index (χ0v) is 11.8. The van der Waals surface area contributed by atoms with Crippen molar-refractivity contribution in [2.45, 2.75) is 52.1 Å². The maximum absolute atomic E-state index is 11.2. The lowest BCUT2D eigenvalue weighted by Gasteiger charge is -2.15. The molecule has 0 radical (unpaired) electrons. The van der Waals surface area contributed by atoms with E-state index in [1.54, 1.807) is 18.2 Å². The number of hydrogen-bond acceptors (Lipinski definition) is 3. The monoisotopic (exact) mass is 264 g/mol. The highest BCUT2D eigenvalue weighted by molar-refractivity contribution is 5.98. The zero-order chi connectivity index (χ0) is 14.3. The van der Waals surface area contributed by atoms with Crippen LogP contribution in [0.5, 0.6) is 5.75 Å². The molecule has 0 aliphatic heterocycles. The molecule has 4 nitrogen and oxygen atoms in total. The third-order valence-electron chi connectivity index (χ3n) is 3.09. The van der Waals surface area contributed by atoms with E-state index in [0.717, 1.165) is 12.8 Å². The largest absolute Gasteiger partial charge is 0.491 e. The summed E-state index contributed by atoms with van der Waals surface area (Å²) in [7, 11) is 0. The van der Waals surface area contributed by atoms with Crippen LogP contribution in [0.2, 0.25) is 0 Å². The molecule has 1 unspecified atom stereocenters. The lowest BCUT2D eigenvalue weighted by molar-refractivity contribution is 0.1000. The van der Waals surface area contributed by atoms with Gasteiger partial charge in [-0.15, -0.1) is 0 Å². The standard InChI is InChI=1S/C15H24N2O2/c1-3-4-5-6-7-11(2)19-12-8-9-14(16)13(10-12)15(17)18/h8-11H,3-7,16H2,1-2H3,(H2,17,18). The number of anilines is 1. The van der Waals surface area contributed by atoms with Gasteiger partial charge in [0.1, 0.15) is 5.75 Å². The van der Waals surface area contributed by atoms with E-state index in [1.165, 1.54) is 19.3 Å². The van der Waals surface area contributed by atoms with Gasteiger partial charge in [-0.3, -0.25) is 4.79 Å². The van der Waals surface area contributed by atoms with E-state index in [0.29, 0.717) is 17.0 Å². The summed E-state index contributed by atoms with van der Waals surface area (Å²) in [5.74, 6) is 0.115. The molecule has 19 heavy (non-hydrogen) atoms. The fraction of sp³-hybridized carbons (Fsp3) is 0.533. The topological polar surface area (TPSA) is 78.3 Å². The number of ether oxygens (including phenoxy) is 1. The Balaban J connectivity index is 2.52. The number of primary amides is 1. The van der Waals surface area contributed by atoms with Gasteiger partial charge in [-0.25, -0.2) is 0 Å². The zero-order valence-electron chi connectivity index (χ0n) is 11.8. The number of carbonyl (C=O) groups excluding carboxylic acids is 1. The quantitative estimate of drug-likeness (QED) is 0.559. The molecular weight excluding hydrogens is 240 g/mol. The number of carbonyl (C=O) groups is 1. The van der Waals surface area contributed by atoms with Crippen LogP contribution in [-0.4, -0.2) is 12.0 Å². The Kier molecular flexibility index (Phi) is 6.19. The van der Waals surface area contributed by atoms with E-state index in [1.807, 2.05) is 6.92 Å². The number of rotatable bonds is 8. The SMILES string of the molecule is CCCCCCC(C)Oc1ccc(N)c(C(N)=O)c1. The first-order valence-electron chi connectivity index (χ1n) is 6.90. The van der Waals surface area contributed by atoms with Crippen LogP contribution in [0.25, 0.3) is 0 Å². The molecule has 1 aromatic rings. The van der Waals surface area contributed by atoms with E-state index < -0.39 is 5.91 Å². The minimum absolute atomic E-state index is 0.126. The van der Waals surface area contributed by atoms with Gasteiger partial charge in [-0.2, -0.15) is 0 Å². The third kappa shape index (κ3) is 5.20. The molecule has 0 aromatic heterocycles. The Labute approximate surface area is 115 Å². The number of unbranched alkanes of at least 4 members (excludes halogenated alkanes) is 3. The highest BCUT2D eigenvalue weighted by Gasteiger charge is 2.09. The Bertz CT molecular complexity index is 419. The van der Waals surface area contributed by atoms with E-state index in [9.17, 15) is 4.79 Å². The Morgan fingerprint density at radius 2 is 2.05 bits per heavy atom. The summed E-state index contributed by atoms with van der Waals surface area (Å²) >= 11 is 0. The second-order valence-electron chi connectivity index (χ2n) is 4.89. The van der Waals surface area contributed by atoms with Crippen molar-refractivity contribution in [1.29, 1.82) is 0 Å². The van der Waals surface area contributed by atoms with Crippen molar-refractivity contribution in [2.24, 2.45) is 5.73 Å². The van der Waals surface area contributed by atoms with Gasteiger partial charge in [-0.1, -0.05) is 26.2 Å². The molecule has 0 aliphatic rings. The Morgan fingerprint density at radius 3 is 2.68 bits per heavy atom. The van der Waals surface area contributed by atoms with Gasteiger partial charge in [0.15, 0.2) is 0 Å². The van der Waals surface area contributed by atoms with Crippen LogP contribution in [0.4, 0.5) is 5.69 Å². The van der Waals surface area contributed by atoms with Crippen molar-refractivity contribution in [3.05, 3.63) is 23.8 Å². The van der Waals surface area contributed by atoms with Crippen molar-refractivity contribution >= 4 is 11.6 Å². The van der Waals surface area contributed by atoms with Gasteiger partial charge in [-0.05, 0) is 38.0 Å². The molecule has 1 amide bonds. The van der Waals surface area contributed by atoms with Gasteiger partial charge in [0.25, 0.3) is 5.91 Å². The fourth-order valence-corrected chi connectivity index (χ4v) is 1.97. The second-order valence-corrected chi connectivity index (χ2v) is 4.89. The first-order valence-corrected chi connectivity index (χ1v) is 6.90. The van der Waals surface area contributed by atoms with Crippen LogP contribution < -0.4 is 16.2 Å². The first kappa shape index (κ1) is 15.3. The number of benzene rings is 1. The van der Waals surface area contributed by atoms with Gasteiger partial charge >= 0.3 is 0 Å². The van der Waals surface area contributed by atoms with Crippen molar-refractivity contribution in [3.8, 4) is 5.75 Å². The predicted molar refractivity (Wildman–Crippen MR) is 78.2 cm³/mol. The Morgan fingerprint density at radius 1 is 1.32 bits per heavy atom. The summed E-state index contributed by atoms with van der Waals surface area (Å²) in [6.45, 7) is 4.23. The molecule has 0 bridgehead atoms. The number of nitrogen functional groups attached to an aromatic ring is 1. The normalized spacial score (nSPS) is 12.1. The van der Waals surface area contributed by atoms with Gasteiger partial charge < -0.3 is 16.2 Å². The predicted octanol–water partition coefficient (Wildman–Crippen LogP) is 3.11. The molecule has 0 aliphatic carbocycles. The fourth-order valence-electron chi connectivity index (χ4n) is 1.97. The average molecular weight is 264 g/mol. The summed E-state index contributed by atoms with van der Waals surface area (Å²) in [5, 5.41) is 0. The van der Waals surface area contributed by atoms with Gasteiger partial charge in [0.05, 0.1) is 11.7 Å². The first-order chi connectivity index (χ1) is 9.04. The van der Waals surface area contributed by atoms with Crippen molar-refractivity contribution in [3.63, 3.8) is 0 Å². The highest BCUT2D eigenvalue weighted by Crippen LogP contribution is 2.21. The van der Waals surface area contributed by atoms with Crippen LogP contribution in [-0.2, 0) is 0 Å². The molecule has 106 valence electrons. The van der Waals surface area contributed by atoms with E-state index in [2.05, 4.69) is 6.92 Å². The summed E-state index contributed by atoms with van der Waals surface area (Å²) in [6, 6.07) is 5.03. The lowest BCUT2D eigenvalue weighted by atomic mass is 10.1. The van der Waals surface area contributed by atoms with Crippen LogP contribution >= 0.6 is 0 Å². The van der Waals surface area contributed by atoms with Crippen LogP contribution in [0, 0.1) is 0 Å². The number of amides is 1. The summed E-state index contributed by atoms with van der Waals surface area (Å²) in [6.07, 6.45) is 6.03. The van der Waals surface area contributed by atoms with Gasteiger partial charge in [0, 0.05) is 5.69 Å². The third-order valence-corrected chi connectivity index (χ3v) is 3.09. The minimum atomic E-state index is -0.529. The maximum atomic E-state index is 11.2. The smallest absolute Gasteiger partial charge is 0.250 e. The van der Waals surface area contributed by atoms with Crippen molar-refractivity contribution in [2.75, 3.05) is 5.73 Å². The lowest BCUT2D eigenvalue weighted by Crippen LogP contribution is -2.15. The molecule has 0 fully saturated rings. The molecule has 1 aromatic carbocycles. The van der Waals surface area contributed by atoms with Crippen molar-refractivity contribution in [1.82, 2.24) is 0 Å². The molecule has 0 saturated heterocycles. The molecular formula is C15H24N2O2. The molecule has 0 saturated carbocycles. The summed E-state index contributed by atoms with van der Waals surface area (Å²) in [5.41, 5.74) is 11.6. The summed E-state index contributed by atoms with van der Waals surface area (Å²) < 4.78 is 5.78. The van der Waals surface area contributed by atoms with Crippen LogP contribution in [0.15, 0.2) is 18.2 Å². The highest BCUT2D eigenvalue weighted by atomic mass is 16.5. The molecule has 1 rings (SSSR count). The van der Waals surface area contributed by atoms with Crippen LogP contribution in [0.3, 0.4) is 0 Å². The maximum Gasteiger partial charge on any atom is 0.250 e. The summed E-state index contributed by atoms with van der Waals surface area (Å²) in [4.78, 5) is 11.2.